The molecule has 1 heterocycles. The molecule has 0 fully saturated rings. The fourth-order valence-electron chi connectivity index (χ4n) is 1.54. The van der Waals surface area contributed by atoms with Gasteiger partial charge < -0.3 is 10.5 Å². The molecule has 0 saturated heterocycles. The molecule has 3 heteroatoms. The fourth-order valence-corrected chi connectivity index (χ4v) is 1.54. The zero-order chi connectivity index (χ0) is 12.1. The van der Waals surface area contributed by atoms with Gasteiger partial charge in [-0.05, 0) is 30.7 Å². The normalized spacial score (nSPS) is 12.1. The minimum atomic E-state index is 0.0249. The lowest BCUT2D eigenvalue weighted by molar-refractivity contribution is 0.305. The molecule has 1 atom stereocenters. The van der Waals surface area contributed by atoms with Crippen LogP contribution in [0.2, 0.25) is 0 Å². The largest absolute Gasteiger partial charge is 0.489 e. The van der Waals surface area contributed by atoms with Crippen molar-refractivity contribution >= 4 is 0 Å². The molecule has 0 aliphatic rings. The number of ether oxygens (including phenoxy) is 1. The van der Waals surface area contributed by atoms with Gasteiger partial charge in [0.25, 0.3) is 0 Å². The topological polar surface area (TPSA) is 48.1 Å². The monoisotopic (exact) mass is 228 g/mol. The molecular formula is C14H16N2O. The van der Waals surface area contributed by atoms with Crippen LogP contribution in [-0.4, -0.2) is 4.98 Å². The molecule has 1 aromatic carbocycles. The van der Waals surface area contributed by atoms with E-state index in [9.17, 15) is 0 Å². The minimum Gasteiger partial charge on any atom is -0.489 e. The van der Waals surface area contributed by atoms with Gasteiger partial charge in [-0.25, -0.2) is 0 Å². The van der Waals surface area contributed by atoms with Gasteiger partial charge in [-0.1, -0.05) is 18.2 Å². The number of rotatable bonds is 4. The average molecular weight is 228 g/mol. The standard InChI is InChI=1S/C14H16N2O/c1-11(15)13-5-2-6-14(8-13)17-10-12-4-3-7-16-9-12/h2-9,11H,10,15H2,1H3/t11-/m0/s1. The summed E-state index contributed by atoms with van der Waals surface area (Å²) in [5, 5.41) is 0. The van der Waals surface area contributed by atoms with E-state index < -0.39 is 0 Å². The van der Waals surface area contributed by atoms with E-state index >= 15 is 0 Å². The maximum absolute atomic E-state index is 5.82. The number of benzene rings is 1. The number of hydrogen-bond donors (Lipinski definition) is 1. The zero-order valence-electron chi connectivity index (χ0n) is 9.84. The first-order chi connectivity index (χ1) is 8.25. The Balaban J connectivity index is 2.02. The summed E-state index contributed by atoms with van der Waals surface area (Å²) in [6.45, 7) is 2.48. The van der Waals surface area contributed by atoms with Gasteiger partial charge in [0.15, 0.2) is 0 Å². The van der Waals surface area contributed by atoms with Crippen LogP contribution >= 0.6 is 0 Å². The number of pyridine rings is 1. The maximum Gasteiger partial charge on any atom is 0.120 e. The van der Waals surface area contributed by atoms with E-state index in [1.165, 1.54) is 0 Å². The second-order valence-corrected chi connectivity index (χ2v) is 4.01. The van der Waals surface area contributed by atoms with Gasteiger partial charge in [0, 0.05) is 24.0 Å². The van der Waals surface area contributed by atoms with Gasteiger partial charge in [0.2, 0.25) is 0 Å². The predicted octanol–water partition coefficient (Wildman–Crippen LogP) is 2.68. The Kier molecular flexibility index (Phi) is 3.73. The van der Waals surface area contributed by atoms with Crippen molar-refractivity contribution in [1.29, 1.82) is 0 Å². The molecular weight excluding hydrogens is 212 g/mol. The Labute approximate surface area is 101 Å². The van der Waals surface area contributed by atoms with Crippen molar-refractivity contribution in [3.8, 4) is 5.75 Å². The highest BCUT2D eigenvalue weighted by Crippen LogP contribution is 2.18. The van der Waals surface area contributed by atoms with Gasteiger partial charge >= 0.3 is 0 Å². The number of nitrogens with zero attached hydrogens (tertiary/aromatic N) is 1. The molecule has 2 aromatic rings. The zero-order valence-corrected chi connectivity index (χ0v) is 9.84. The quantitative estimate of drug-likeness (QED) is 0.875. The first-order valence-electron chi connectivity index (χ1n) is 5.63. The van der Waals surface area contributed by atoms with E-state index in [1.54, 1.807) is 12.4 Å². The summed E-state index contributed by atoms with van der Waals surface area (Å²) in [5.41, 5.74) is 7.96. The third-order valence-electron chi connectivity index (χ3n) is 2.51. The van der Waals surface area contributed by atoms with Crippen molar-refractivity contribution < 1.29 is 4.74 Å². The van der Waals surface area contributed by atoms with Gasteiger partial charge in [-0.2, -0.15) is 0 Å². The molecule has 0 spiro atoms. The van der Waals surface area contributed by atoms with Crippen molar-refractivity contribution in [2.45, 2.75) is 19.6 Å². The third kappa shape index (κ3) is 3.29. The third-order valence-corrected chi connectivity index (χ3v) is 2.51. The molecule has 3 nitrogen and oxygen atoms in total. The summed E-state index contributed by atoms with van der Waals surface area (Å²) in [7, 11) is 0. The summed E-state index contributed by atoms with van der Waals surface area (Å²) in [6.07, 6.45) is 3.55. The predicted molar refractivity (Wildman–Crippen MR) is 67.6 cm³/mol. The molecule has 88 valence electrons. The van der Waals surface area contributed by atoms with E-state index in [1.807, 2.05) is 43.3 Å². The smallest absolute Gasteiger partial charge is 0.120 e. The van der Waals surface area contributed by atoms with E-state index in [4.69, 9.17) is 10.5 Å². The van der Waals surface area contributed by atoms with Crippen LogP contribution in [0.1, 0.15) is 24.1 Å². The highest BCUT2D eigenvalue weighted by Gasteiger charge is 2.01. The molecule has 0 aliphatic carbocycles. The lowest BCUT2D eigenvalue weighted by Crippen LogP contribution is -2.05. The molecule has 0 radical (unpaired) electrons. The van der Waals surface area contributed by atoms with Crippen LogP contribution in [0, 0.1) is 0 Å². The molecule has 0 bridgehead atoms. The van der Waals surface area contributed by atoms with Crippen molar-refractivity contribution in [1.82, 2.24) is 4.98 Å². The first-order valence-corrected chi connectivity index (χ1v) is 5.63. The second-order valence-electron chi connectivity index (χ2n) is 4.01. The summed E-state index contributed by atoms with van der Waals surface area (Å²) in [5.74, 6) is 0.837. The second kappa shape index (κ2) is 5.46. The number of aromatic nitrogens is 1. The Morgan fingerprint density at radius 3 is 2.88 bits per heavy atom. The lowest BCUT2D eigenvalue weighted by atomic mass is 10.1. The Morgan fingerprint density at radius 2 is 2.18 bits per heavy atom. The maximum atomic E-state index is 5.82. The van der Waals surface area contributed by atoms with Gasteiger partial charge in [-0.3, -0.25) is 4.98 Å². The van der Waals surface area contributed by atoms with E-state index in [0.29, 0.717) is 6.61 Å². The molecule has 0 saturated carbocycles. The van der Waals surface area contributed by atoms with Crippen molar-refractivity contribution in [2.75, 3.05) is 0 Å². The molecule has 0 amide bonds. The van der Waals surface area contributed by atoms with Crippen LogP contribution < -0.4 is 10.5 Å². The number of hydrogen-bond acceptors (Lipinski definition) is 3. The summed E-state index contributed by atoms with van der Waals surface area (Å²) < 4.78 is 5.69. The first kappa shape index (κ1) is 11.6. The molecule has 2 N–H and O–H groups in total. The summed E-state index contributed by atoms with van der Waals surface area (Å²) in [4.78, 5) is 4.04. The average Bonchev–Trinajstić information content (AvgIpc) is 2.38. The van der Waals surface area contributed by atoms with E-state index in [0.717, 1.165) is 16.9 Å². The van der Waals surface area contributed by atoms with Crippen molar-refractivity contribution in [3.63, 3.8) is 0 Å². The lowest BCUT2D eigenvalue weighted by Gasteiger charge is -2.09. The number of nitrogens with two attached hydrogens (primary N) is 1. The highest BCUT2D eigenvalue weighted by atomic mass is 16.5. The molecule has 17 heavy (non-hydrogen) atoms. The Bertz CT molecular complexity index is 469. The van der Waals surface area contributed by atoms with Crippen LogP contribution in [0.3, 0.4) is 0 Å². The van der Waals surface area contributed by atoms with E-state index in [2.05, 4.69) is 4.98 Å². The summed E-state index contributed by atoms with van der Waals surface area (Å²) >= 11 is 0. The fraction of sp³-hybridized carbons (Fsp3) is 0.214. The van der Waals surface area contributed by atoms with Crippen molar-refractivity contribution in [3.05, 3.63) is 59.9 Å². The van der Waals surface area contributed by atoms with Gasteiger partial charge in [0.05, 0.1) is 0 Å². The summed E-state index contributed by atoms with van der Waals surface area (Å²) in [6, 6.07) is 11.8. The molecule has 0 aliphatic heterocycles. The highest BCUT2D eigenvalue weighted by molar-refractivity contribution is 5.30. The van der Waals surface area contributed by atoms with E-state index in [-0.39, 0.29) is 6.04 Å². The van der Waals surface area contributed by atoms with Crippen molar-refractivity contribution in [2.24, 2.45) is 5.73 Å². The SMILES string of the molecule is C[C@H](N)c1cccc(OCc2cccnc2)c1. The van der Waals surface area contributed by atoms with Crippen LogP contribution in [0.4, 0.5) is 0 Å². The molecule has 0 unspecified atom stereocenters. The van der Waals surface area contributed by atoms with Gasteiger partial charge in [0.1, 0.15) is 12.4 Å². The Morgan fingerprint density at radius 1 is 1.29 bits per heavy atom. The van der Waals surface area contributed by atoms with Crippen LogP contribution in [-0.2, 0) is 6.61 Å². The molecule has 2 rings (SSSR count). The van der Waals surface area contributed by atoms with Crippen LogP contribution in [0.25, 0.3) is 0 Å². The minimum absolute atomic E-state index is 0.0249. The molecule has 1 aromatic heterocycles. The van der Waals surface area contributed by atoms with Crippen LogP contribution in [0.5, 0.6) is 5.75 Å². The Hall–Kier alpha value is -1.87. The van der Waals surface area contributed by atoms with Gasteiger partial charge in [-0.15, -0.1) is 0 Å². The van der Waals surface area contributed by atoms with Crippen LogP contribution in [0.15, 0.2) is 48.8 Å².